The third-order valence-corrected chi connectivity index (χ3v) is 4.45. The maximum Gasteiger partial charge on any atom is 0.409 e. The molecule has 2 N–H and O–H groups in total. The van der Waals surface area contributed by atoms with Gasteiger partial charge in [-0.15, -0.1) is 0 Å². The van der Waals surface area contributed by atoms with Crippen molar-refractivity contribution in [3.8, 4) is 0 Å². The van der Waals surface area contributed by atoms with Crippen molar-refractivity contribution in [2.75, 3.05) is 18.5 Å². The second-order valence-electron chi connectivity index (χ2n) is 7.49. The zero-order valence-electron chi connectivity index (χ0n) is 14.5. The Morgan fingerprint density at radius 1 is 1.38 bits per heavy atom. The summed E-state index contributed by atoms with van der Waals surface area (Å²) >= 11 is 0. The summed E-state index contributed by atoms with van der Waals surface area (Å²) in [6.07, 6.45) is 1.08. The van der Waals surface area contributed by atoms with Crippen LogP contribution in [0, 0.1) is 5.92 Å². The SMILES string of the molecule is CC(C)(C)c1nc2cc(NC(=O)O)ccc2n1CC1CCOCC1. The summed E-state index contributed by atoms with van der Waals surface area (Å²) in [5.74, 6) is 1.63. The van der Waals surface area contributed by atoms with Gasteiger partial charge in [0.1, 0.15) is 5.82 Å². The van der Waals surface area contributed by atoms with Crippen molar-refractivity contribution < 1.29 is 14.6 Å². The van der Waals surface area contributed by atoms with Gasteiger partial charge in [0.25, 0.3) is 0 Å². The van der Waals surface area contributed by atoms with Crippen LogP contribution in [-0.4, -0.2) is 34.0 Å². The van der Waals surface area contributed by atoms with Crippen LogP contribution in [0.5, 0.6) is 0 Å². The molecule has 3 rings (SSSR count). The Hall–Kier alpha value is -2.08. The van der Waals surface area contributed by atoms with E-state index in [2.05, 4.69) is 30.7 Å². The van der Waals surface area contributed by atoms with Crippen LogP contribution < -0.4 is 5.32 Å². The number of anilines is 1. The lowest BCUT2D eigenvalue weighted by atomic mass is 9.94. The quantitative estimate of drug-likeness (QED) is 0.895. The van der Waals surface area contributed by atoms with Gasteiger partial charge >= 0.3 is 6.09 Å². The highest BCUT2D eigenvalue weighted by atomic mass is 16.5. The van der Waals surface area contributed by atoms with Crippen LogP contribution in [0.25, 0.3) is 11.0 Å². The molecule has 1 amide bonds. The second kappa shape index (κ2) is 6.43. The molecule has 130 valence electrons. The van der Waals surface area contributed by atoms with Crippen molar-refractivity contribution in [3.05, 3.63) is 24.0 Å². The number of benzene rings is 1. The van der Waals surface area contributed by atoms with Crippen molar-refractivity contribution in [2.24, 2.45) is 5.92 Å². The summed E-state index contributed by atoms with van der Waals surface area (Å²) < 4.78 is 7.77. The van der Waals surface area contributed by atoms with Gasteiger partial charge in [-0.1, -0.05) is 20.8 Å². The number of rotatable bonds is 3. The highest BCUT2D eigenvalue weighted by Crippen LogP contribution is 2.30. The largest absolute Gasteiger partial charge is 0.465 e. The predicted octanol–water partition coefficient (Wildman–Crippen LogP) is 3.85. The normalized spacial score (nSPS) is 16.5. The highest BCUT2D eigenvalue weighted by molar-refractivity contribution is 5.88. The van der Waals surface area contributed by atoms with E-state index >= 15 is 0 Å². The van der Waals surface area contributed by atoms with Gasteiger partial charge in [0.15, 0.2) is 0 Å². The summed E-state index contributed by atoms with van der Waals surface area (Å²) in [6, 6.07) is 5.56. The molecule has 0 radical (unpaired) electrons. The molecule has 2 aromatic rings. The summed E-state index contributed by atoms with van der Waals surface area (Å²) in [6.45, 7) is 9.06. The van der Waals surface area contributed by atoms with Gasteiger partial charge in [-0.2, -0.15) is 0 Å². The van der Waals surface area contributed by atoms with E-state index in [1.165, 1.54) is 0 Å². The van der Waals surface area contributed by atoms with Gasteiger partial charge in [0.05, 0.1) is 11.0 Å². The van der Waals surface area contributed by atoms with Crippen molar-refractivity contribution in [1.82, 2.24) is 9.55 Å². The monoisotopic (exact) mass is 331 g/mol. The molecule has 0 unspecified atom stereocenters. The number of carbonyl (C=O) groups is 1. The number of aromatic nitrogens is 2. The third-order valence-electron chi connectivity index (χ3n) is 4.45. The number of ether oxygens (including phenoxy) is 1. The van der Waals surface area contributed by atoms with Crippen LogP contribution >= 0.6 is 0 Å². The standard InChI is InChI=1S/C18H25N3O3/c1-18(2,3)16-20-14-10-13(19-17(22)23)4-5-15(14)21(16)11-12-6-8-24-9-7-12/h4-5,10,12,19H,6-9,11H2,1-3H3,(H,22,23). The van der Waals surface area contributed by atoms with Crippen LogP contribution in [0.15, 0.2) is 18.2 Å². The molecule has 0 bridgehead atoms. The van der Waals surface area contributed by atoms with E-state index in [4.69, 9.17) is 14.8 Å². The van der Waals surface area contributed by atoms with Gasteiger partial charge in [-0.05, 0) is 37.0 Å². The molecular weight excluding hydrogens is 306 g/mol. The Balaban J connectivity index is 2.01. The Kier molecular flexibility index (Phi) is 4.49. The van der Waals surface area contributed by atoms with Crippen LogP contribution in [0.4, 0.5) is 10.5 Å². The van der Waals surface area contributed by atoms with Gasteiger partial charge in [-0.3, -0.25) is 5.32 Å². The highest BCUT2D eigenvalue weighted by Gasteiger charge is 2.25. The fourth-order valence-corrected chi connectivity index (χ4v) is 3.28. The minimum atomic E-state index is -1.06. The summed E-state index contributed by atoms with van der Waals surface area (Å²) in [5.41, 5.74) is 2.36. The lowest BCUT2D eigenvalue weighted by molar-refractivity contribution is 0.0611. The molecule has 1 saturated heterocycles. The number of nitrogens with zero attached hydrogens (tertiary/aromatic N) is 2. The van der Waals surface area contributed by atoms with Crippen LogP contribution in [-0.2, 0) is 16.7 Å². The van der Waals surface area contributed by atoms with E-state index in [1.54, 1.807) is 12.1 Å². The Morgan fingerprint density at radius 2 is 2.08 bits per heavy atom. The number of hydrogen-bond donors (Lipinski definition) is 2. The number of imidazole rings is 1. The first-order chi connectivity index (χ1) is 11.3. The minimum Gasteiger partial charge on any atom is -0.465 e. The molecule has 0 aliphatic carbocycles. The average Bonchev–Trinajstić information content (AvgIpc) is 2.86. The smallest absolute Gasteiger partial charge is 0.409 e. The van der Waals surface area contributed by atoms with Crippen molar-refractivity contribution >= 4 is 22.8 Å². The molecule has 1 aromatic carbocycles. The number of amides is 1. The van der Waals surface area contributed by atoms with E-state index in [0.717, 1.165) is 49.5 Å². The Bertz CT molecular complexity index is 740. The van der Waals surface area contributed by atoms with Gasteiger partial charge in [0.2, 0.25) is 0 Å². The molecule has 0 atom stereocenters. The molecule has 6 heteroatoms. The summed E-state index contributed by atoms with van der Waals surface area (Å²) in [4.78, 5) is 15.7. The fourth-order valence-electron chi connectivity index (χ4n) is 3.28. The lowest BCUT2D eigenvalue weighted by Crippen LogP contribution is -2.25. The maximum atomic E-state index is 10.9. The Labute approximate surface area is 141 Å². The first-order valence-corrected chi connectivity index (χ1v) is 8.43. The van der Waals surface area contributed by atoms with Crippen molar-refractivity contribution in [1.29, 1.82) is 0 Å². The predicted molar refractivity (Wildman–Crippen MR) is 93.6 cm³/mol. The van der Waals surface area contributed by atoms with E-state index in [-0.39, 0.29) is 5.41 Å². The molecule has 24 heavy (non-hydrogen) atoms. The second-order valence-corrected chi connectivity index (χ2v) is 7.49. The maximum absolute atomic E-state index is 10.9. The minimum absolute atomic E-state index is 0.0788. The van der Waals surface area contributed by atoms with Gasteiger partial charge in [0, 0.05) is 30.9 Å². The molecule has 0 saturated carbocycles. The zero-order valence-corrected chi connectivity index (χ0v) is 14.5. The molecule has 1 aliphatic heterocycles. The average molecular weight is 331 g/mol. The summed E-state index contributed by atoms with van der Waals surface area (Å²) in [7, 11) is 0. The van der Waals surface area contributed by atoms with E-state index in [0.29, 0.717) is 11.6 Å². The molecule has 2 heterocycles. The third kappa shape index (κ3) is 3.53. The molecular formula is C18H25N3O3. The van der Waals surface area contributed by atoms with Crippen LogP contribution in [0.1, 0.15) is 39.4 Å². The van der Waals surface area contributed by atoms with E-state index < -0.39 is 6.09 Å². The zero-order chi connectivity index (χ0) is 17.3. The van der Waals surface area contributed by atoms with Gasteiger partial charge < -0.3 is 14.4 Å². The number of carboxylic acid groups (broad SMARTS) is 1. The summed E-state index contributed by atoms with van der Waals surface area (Å²) in [5, 5.41) is 11.3. The lowest BCUT2D eigenvalue weighted by Gasteiger charge is -2.26. The van der Waals surface area contributed by atoms with Crippen LogP contribution in [0.2, 0.25) is 0 Å². The molecule has 6 nitrogen and oxygen atoms in total. The molecule has 1 aliphatic rings. The Morgan fingerprint density at radius 3 is 2.71 bits per heavy atom. The van der Waals surface area contributed by atoms with Crippen molar-refractivity contribution in [3.63, 3.8) is 0 Å². The van der Waals surface area contributed by atoms with Gasteiger partial charge in [-0.25, -0.2) is 9.78 Å². The van der Waals surface area contributed by atoms with E-state index in [1.807, 2.05) is 6.07 Å². The number of nitrogens with one attached hydrogen (secondary N) is 1. The number of hydrogen-bond acceptors (Lipinski definition) is 3. The van der Waals surface area contributed by atoms with E-state index in [9.17, 15) is 4.79 Å². The van der Waals surface area contributed by atoms with Crippen molar-refractivity contribution in [2.45, 2.75) is 45.6 Å². The first-order valence-electron chi connectivity index (χ1n) is 8.43. The molecule has 0 spiro atoms. The van der Waals surface area contributed by atoms with Crippen LogP contribution in [0.3, 0.4) is 0 Å². The fraction of sp³-hybridized carbons (Fsp3) is 0.556. The molecule has 1 aromatic heterocycles. The number of fused-ring (bicyclic) bond motifs is 1. The first kappa shape index (κ1) is 16.8. The molecule has 1 fully saturated rings. The topological polar surface area (TPSA) is 76.4 Å².